The van der Waals surface area contributed by atoms with Crippen LogP contribution in [0, 0.1) is 5.41 Å². The molecule has 0 atom stereocenters. The fourth-order valence-electron chi connectivity index (χ4n) is 4.13. The average Bonchev–Trinajstić information content (AvgIpc) is 2.95. The average molecular weight is 399 g/mol. The molecule has 130 valence electrons. The normalized spacial score (nSPS) is 20.4. The van der Waals surface area contributed by atoms with Gasteiger partial charge >= 0.3 is 0 Å². The lowest BCUT2D eigenvalue weighted by atomic mass is 9.77. The van der Waals surface area contributed by atoms with Crippen LogP contribution in [0.1, 0.15) is 24.8 Å². The van der Waals surface area contributed by atoms with Gasteiger partial charge in [-0.25, -0.2) is 0 Å². The number of benzene rings is 2. The van der Waals surface area contributed by atoms with Crippen LogP contribution in [0.3, 0.4) is 0 Å². The molecule has 1 spiro atoms. The first kappa shape index (κ1) is 16.8. The second-order valence-corrected chi connectivity index (χ2v) is 8.14. The van der Waals surface area contributed by atoms with Crippen LogP contribution in [0.5, 0.6) is 0 Å². The van der Waals surface area contributed by atoms with Crippen molar-refractivity contribution in [2.75, 3.05) is 24.5 Å². The number of likely N-dealkylation sites (tertiary alicyclic amines) is 1. The van der Waals surface area contributed by atoms with Gasteiger partial charge in [0.25, 0.3) is 0 Å². The van der Waals surface area contributed by atoms with Crippen molar-refractivity contribution in [3.8, 4) is 0 Å². The van der Waals surface area contributed by atoms with Crippen LogP contribution in [0.15, 0.2) is 59.1 Å². The number of carbonyl (C=O) groups is 1. The summed E-state index contributed by atoms with van der Waals surface area (Å²) in [6.45, 7) is 3.85. The van der Waals surface area contributed by atoms with Crippen LogP contribution in [0.25, 0.3) is 0 Å². The van der Waals surface area contributed by atoms with Crippen LogP contribution in [0.4, 0.5) is 5.69 Å². The van der Waals surface area contributed by atoms with Crippen molar-refractivity contribution in [3.05, 3.63) is 64.6 Å². The van der Waals surface area contributed by atoms with Crippen LogP contribution >= 0.6 is 15.9 Å². The van der Waals surface area contributed by atoms with Crippen LogP contribution < -0.4 is 4.90 Å². The number of nitrogens with zero attached hydrogens (tertiary/aromatic N) is 2. The minimum absolute atomic E-state index is 0.139. The Hall–Kier alpha value is -1.65. The predicted molar refractivity (Wildman–Crippen MR) is 104 cm³/mol. The number of amides is 1. The summed E-state index contributed by atoms with van der Waals surface area (Å²) in [5.41, 5.74) is 2.24. The van der Waals surface area contributed by atoms with Crippen LogP contribution in [-0.2, 0) is 11.3 Å². The van der Waals surface area contributed by atoms with Gasteiger partial charge in [-0.15, -0.1) is 0 Å². The van der Waals surface area contributed by atoms with E-state index in [1.807, 2.05) is 29.2 Å². The number of piperidine rings is 1. The van der Waals surface area contributed by atoms with E-state index in [1.54, 1.807) is 0 Å². The standard InChI is InChI=1S/C21H23BrN2O/c22-18-6-8-19(9-7-18)24-15-12-21(20(24)25)10-13-23(14-11-21)16-17-4-2-1-3-5-17/h1-9H,10-16H2. The first-order chi connectivity index (χ1) is 12.2. The van der Waals surface area contributed by atoms with Gasteiger partial charge < -0.3 is 4.90 Å². The third-order valence-corrected chi connectivity index (χ3v) is 6.24. The Morgan fingerprint density at radius 2 is 1.52 bits per heavy atom. The molecule has 0 aliphatic carbocycles. The van der Waals surface area contributed by atoms with Crippen molar-refractivity contribution in [1.82, 2.24) is 4.90 Å². The zero-order chi connectivity index (χ0) is 17.3. The van der Waals surface area contributed by atoms with E-state index in [0.29, 0.717) is 5.91 Å². The molecule has 2 aliphatic heterocycles. The lowest BCUT2D eigenvalue weighted by Gasteiger charge is -2.38. The number of rotatable bonds is 3. The highest BCUT2D eigenvalue weighted by Gasteiger charge is 2.48. The molecule has 1 amide bonds. The van der Waals surface area contributed by atoms with Gasteiger partial charge in [0.05, 0.1) is 5.41 Å². The van der Waals surface area contributed by atoms with Crippen molar-refractivity contribution in [2.24, 2.45) is 5.41 Å². The molecule has 2 heterocycles. The van der Waals surface area contributed by atoms with E-state index in [9.17, 15) is 4.79 Å². The molecule has 25 heavy (non-hydrogen) atoms. The summed E-state index contributed by atoms with van der Waals surface area (Å²) in [6, 6.07) is 18.7. The monoisotopic (exact) mass is 398 g/mol. The summed E-state index contributed by atoms with van der Waals surface area (Å²) in [6.07, 6.45) is 2.94. The molecule has 0 aromatic heterocycles. The number of anilines is 1. The quantitative estimate of drug-likeness (QED) is 0.761. The largest absolute Gasteiger partial charge is 0.312 e. The Morgan fingerprint density at radius 3 is 2.20 bits per heavy atom. The Bertz CT molecular complexity index is 736. The molecule has 2 aliphatic rings. The fourth-order valence-corrected chi connectivity index (χ4v) is 4.40. The van der Waals surface area contributed by atoms with E-state index in [-0.39, 0.29) is 5.41 Å². The SMILES string of the molecule is O=C1N(c2ccc(Br)cc2)CCC12CCN(Cc1ccccc1)CC2. The van der Waals surface area contributed by atoms with E-state index in [2.05, 4.69) is 51.2 Å². The molecule has 3 nitrogen and oxygen atoms in total. The van der Waals surface area contributed by atoms with E-state index < -0.39 is 0 Å². The van der Waals surface area contributed by atoms with Gasteiger partial charge in [-0.2, -0.15) is 0 Å². The molecule has 2 aromatic carbocycles. The Balaban J connectivity index is 1.41. The number of hydrogen-bond acceptors (Lipinski definition) is 2. The number of carbonyl (C=O) groups excluding carboxylic acids is 1. The lowest BCUT2D eigenvalue weighted by Crippen LogP contribution is -2.44. The van der Waals surface area contributed by atoms with Crippen molar-refractivity contribution in [2.45, 2.75) is 25.8 Å². The molecule has 0 N–H and O–H groups in total. The van der Waals surface area contributed by atoms with Crippen molar-refractivity contribution < 1.29 is 4.79 Å². The van der Waals surface area contributed by atoms with E-state index >= 15 is 0 Å². The molecule has 2 saturated heterocycles. The molecule has 0 unspecified atom stereocenters. The van der Waals surface area contributed by atoms with Crippen molar-refractivity contribution in [3.63, 3.8) is 0 Å². The molecule has 2 aromatic rings. The summed E-state index contributed by atoms with van der Waals surface area (Å²) >= 11 is 3.46. The summed E-state index contributed by atoms with van der Waals surface area (Å²) in [5.74, 6) is 0.328. The first-order valence-electron chi connectivity index (χ1n) is 9.00. The van der Waals surface area contributed by atoms with Crippen molar-refractivity contribution in [1.29, 1.82) is 0 Å². The van der Waals surface area contributed by atoms with Gasteiger partial charge in [-0.3, -0.25) is 9.69 Å². The van der Waals surface area contributed by atoms with Gasteiger partial charge in [0, 0.05) is 23.2 Å². The third-order valence-electron chi connectivity index (χ3n) is 5.71. The van der Waals surface area contributed by atoms with Crippen LogP contribution in [0.2, 0.25) is 0 Å². The highest BCUT2D eigenvalue weighted by atomic mass is 79.9. The molecule has 4 heteroatoms. The Kier molecular flexibility index (Phi) is 4.65. The second-order valence-electron chi connectivity index (χ2n) is 7.23. The van der Waals surface area contributed by atoms with E-state index in [0.717, 1.165) is 55.6 Å². The molecule has 2 fully saturated rings. The van der Waals surface area contributed by atoms with Gasteiger partial charge in [0.15, 0.2) is 0 Å². The zero-order valence-corrected chi connectivity index (χ0v) is 15.9. The highest BCUT2D eigenvalue weighted by molar-refractivity contribution is 9.10. The first-order valence-corrected chi connectivity index (χ1v) is 9.79. The van der Waals surface area contributed by atoms with Gasteiger partial charge in [-0.1, -0.05) is 46.3 Å². The molecule has 0 bridgehead atoms. The highest BCUT2D eigenvalue weighted by Crippen LogP contribution is 2.43. The number of halogens is 1. The Labute approximate surface area is 157 Å². The maximum Gasteiger partial charge on any atom is 0.233 e. The minimum Gasteiger partial charge on any atom is -0.312 e. The topological polar surface area (TPSA) is 23.6 Å². The summed E-state index contributed by atoms with van der Waals surface area (Å²) < 4.78 is 1.05. The Morgan fingerprint density at radius 1 is 0.880 bits per heavy atom. The second kappa shape index (κ2) is 6.93. The van der Waals surface area contributed by atoms with E-state index in [4.69, 9.17) is 0 Å². The fraction of sp³-hybridized carbons (Fsp3) is 0.381. The molecule has 0 saturated carbocycles. The van der Waals surface area contributed by atoms with Gasteiger partial charge in [0.1, 0.15) is 0 Å². The summed E-state index contributed by atoms with van der Waals surface area (Å²) in [4.78, 5) is 17.6. The minimum atomic E-state index is -0.139. The van der Waals surface area contributed by atoms with Gasteiger partial charge in [-0.05, 0) is 62.2 Å². The van der Waals surface area contributed by atoms with Crippen molar-refractivity contribution >= 4 is 27.5 Å². The maximum atomic E-state index is 13.1. The molecular formula is C21H23BrN2O. The number of hydrogen-bond donors (Lipinski definition) is 0. The summed E-state index contributed by atoms with van der Waals surface area (Å²) in [5, 5.41) is 0. The third kappa shape index (κ3) is 3.38. The molecule has 0 radical (unpaired) electrons. The molecule has 4 rings (SSSR count). The van der Waals surface area contributed by atoms with Crippen LogP contribution in [-0.4, -0.2) is 30.4 Å². The zero-order valence-electron chi connectivity index (χ0n) is 14.3. The van der Waals surface area contributed by atoms with Gasteiger partial charge in [0.2, 0.25) is 5.91 Å². The van der Waals surface area contributed by atoms with E-state index in [1.165, 1.54) is 5.56 Å². The smallest absolute Gasteiger partial charge is 0.233 e. The maximum absolute atomic E-state index is 13.1. The lowest BCUT2D eigenvalue weighted by molar-refractivity contribution is -0.128. The summed E-state index contributed by atoms with van der Waals surface area (Å²) in [7, 11) is 0. The molecular weight excluding hydrogens is 376 g/mol. The predicted octanol–water partition coefficient (Wildman–Crippen LogP) is 4.47.